The molecular weight excluding hydrogens is 288 g/mol. The predicted molar refractivity (Wildman–Crippen MR) is 84.2 cm³/mol. The molecule has 0 fully saturated rings. The second-order valence-electron chi connectivity index (χ2n) is 4.56. The van der Waals surface area contributed by atoms with Gasteiger partial charge in [0.25, 0.3) is 0 Å². The molecule has 3 aromatic rings. The van der Waals surface area contributed by atoms with E-state index in [9.17, 15) is 0 Å². The van der Waals surface area contributed by atoms with E-state index in [1.165, 1.54) is 15.4 Å². The fourth-order valence-electron chi connectivity index (χ4n) is 2.02. The van der Waals surface area contributed by atoms with Gasteiger partial charge in [-0.05, 0) is 18.4 Å². The zero-order chi connectivity index (χ0) is 13.8. The van der Waals surface area contributed by atoms with Crippen LogP contribution in [0.15, 0.2) is 29.1 Å². The summed E-state index contributed by atoms with van der Waals surface area (Å²) in [5, 5.41) is 16.1. The summed E-state index contributed by atoms with van der Waals surface area (Å²) in [6.07, 6.45) is 2.88. The minimum Gasteiger partial charge on any atom is -0.312 e. The van der Waals surface area contributed by atoms with Crippen molar-refractivity contribution in [2.75, 3.05) is 6.54 Å². The Labute approximate surface area is 125 Å². The molecule has 6 heteroatoms. The third-order valence-electron chi connectivity index (χ3n) is 2.98. The second kappa shape index (κ2) is 6.30. The smallest absolute Gasteiger partial charge is 0.0940 e. The van der Waals surface area contributed by atoms with Crippen LogP contribution in [0, 0.1) is 6.92 Å². The van der Waals surface area contributed by atoms with Crippen LogP contribution in [0.2, 0.25) is 0 Å². The molecule has 2 N–H and O–H groups in total. The molecule has 0 saturated carbocycles. The number of nitrogens with zero attached hydrogens (tertiary/aromatic N) is 2. The maximum Gasteiger partial charge on any atom is 0.0940 e. The number of rotatable bonds is 6. The molecule has 0 aliphatic carbocycles. The lowest BCUT2D eigenvalue weighted by Gasteiger charge is -2.03. The zero-order valence-corrected chi connectivity index (χ0v) is 12.9. The number of aromatic nitrogens is 3. The lowest BCUT2D eigenvalue weighted by molar-refractivity contribution is 0.686. The molecular formula is C14H16N4S2. The fourth-order valence-corrected chi connectivity index (χ4v) is 3.55. The summed E-state index contributed by atoms with van der Waals surface area (Å²) in [7, 11) is 0. The molecule has 0 saturated heterocycles. The van der Waals surface area contributed by atoms with Crippen molar-refractivity contribution in [1.29, 1.82) is 0 Å². The Morgan fingerprint density at radius 2 is 2.30 bits per heavy atom. The van der Waals surface area contributed by atoms with Crippen molar-refractivity contribution in [1.82, 2.24) is 20.5 Å². The van der Waals surface area contributed by atoms with Crippen LogP contribution in [0.3, 0.4) is 0 Å². The van der Waals surface area contributed by atoms with Crippen molar-refractivity contribution < 1.29 is 0 Å². The Kier molecular flexibility index (Phi) is 4.25. The molecule has 0 bridgehead atoms. The van der Waals surface area contributed by atoms with Crippen molar-refractivity contribution in [3.05, 3.63) is 45.4 Å². The van der Waals surface area contributed by atoms with Crippen molar-refractivity contribution in [3.63, 3.8) is 0 Å². The van der Waals surface area contributed by atoms with E-state index in [0.29, 0.717) is 0 Å². The average Bonchev–Trinajstić information content (AvgIpc) is 3.16. The van der Waals surface area contributed by atoms with Crippen LogP contribution in [0.1, 0.15) is 16.3 Å². The Balaban J connectivity index is 1.53. The van der Waals surface area contributed by atoms with Crippen LogP contribution >= 0.6 is 22.7 Å². The molecule has 0 aliphatic heterocycles. The number of thiazole rings is 1. The van der Waals surface area contributed by atoms with E-state index in [0.717, 1.165) is 30.9 Å². The number of thiophene rings is 1. The third-order valence-corrected chi connectivity index (χ3v) is 4.90. The number of hydrogen-bond acceptors (Lipinski definition) is 5. The molecule has 104 valence electrons. The Hall–Kier alpha value is -1.50. The zero-order valence-electron chi connectivity index (χ0n) is 11.2. The SMILES string of the molecule is Cc1csc(CCNCc2cn[nH]c2-c2cccs2)n1. The maximum atomic E-state index is 4.47. The minimum absolute atomic E-state index is 0.827. The molecule has 0 atom stereocenters. The minimum atomic E-state index is 0.827. The van der Waals surface area contributed by atoms with Gasteiger partial charge in [0, 0.05) is 36.1 Å². The maximum absolute atomic E-state index is 4.47. The van der Waals surface area contributed by atoms with Gasteiger partial charge in [0.1, 0.15) is 0 Å². The molecule has 0 amide bonds. The summed E-state index contributed by atoms with van der Waals surface area (Å²) < 4.78 is 0. The standard InChI is InChI=1S/C14H16N4S2/c1-10-9-20-13(17-10)4-5-15-7-11-8-16-18-14(11)12-3-2-6-19-12/h2-3,6,8-9,15H,4-5,7H2,1H3,(H,16,18). The molecule has 0 radical (unpaired) electrons. The molecule has 3 heterocycles. The van der Waals surface area contributed by atoms with E-state index in [-0.39, 0.29) is 0 Å². The average molecular weight is 304 g/mol. The number of hydrogen-bond donors (Lipinski definition) is 2. The van der Waals surface area contributed by atoms with Gasteiger partial charge < -0.3 is 5.32 Å². The summed E-state index contributed by atoms with van der Waals surface area (Å²) in [5.74, 6) is 0. The van der Waals surface area contributed by atoms with Gasteiger partial charge in [-0.15, -0.1) is 22.7 Å². The van der Waals surface area contributed by atoms with Crippen molar-refractivity contribution in [2.45, 2.75) is 19.9 Å². The molecule has 3 rings (SSSR count). The second-order valence-corrected chi connectivity index (χ2v) is 6.45. The molecule has 0 unspecified atom stereocenters. The molecule has 0 spiro atoms. The van der Waals surface area contributed by atoms with Gasteiger partial charge in [-0.25, -0.2) is 4.98 Å². The van der Waals surface area contributed by atoms with E-state index in [1.54, 1.807) is 22.7 Å². The van der Waals surface area contributed by atoms with E-state index >= 15 is 0 Å². The van der Waals surface area contributed by atoms with Crippen LogP contribution < -0.4 is 5.32 Å². The summed E-state index contributed by atoms with van der Waals surface area (Å²) in [4.78, 5) is 5.70. The van der Waals surface area contributed by atoms with Crippen LogP contribution in [0.5, 0.6) is 0 Å². The molecule has 4 nitrogen and oxygen atoms in total. The van der Waals surface area contributed by atoms with Crippen LogP contribution in [-0.4, -0.2) is 21.7 Å². The highest BCUT2D eigenvalue weighted by Crippen LogP contribution is 2.25. The molecule has 3 aromatic heterocycles. The topological polar surface area (TPSA) is 53.6 Å². The van der Waals surface area contributed by atoms with E-state index in [1.807, 2.05) is 13.1 Å². The largest absolute Gasteiger partial charge is 0.312 e. The fraction of sp³-hybridized carbons (Fsp3) is 0.286. The van der Waals surface area contributed by atoms with Crippen molar-refractivity contribution >= 4 is 22.7 Å². The van der Waals surface area contributed by atoms with Gasteiger partial charge in [-0.3, -0.25) is 5.10 Å². The van der Waals surface area contributed by atoms with E-state index in [2.05, 4.69) is 43.4 Å². The first kappa shape index (κ1) is 13.5. The summed E-state index contributed by atoms with van der Waals surface area (Å²) in [5.41, 5.74) is 3.44. The first-order valence-corrected chi connectivity index (χ1v) is 8.26. The van der Waals surface area contributed by atoms with Crippen molar-refractivity contribution in [2.24, 2.45) is 0 Å². The number of aryl methyl sites for hydroxylation is 1. The highest BCUT2D eigenvalue weighted by atomic mass is 32.1. The van der Waals surface area contributed by atoms with Crippen molar-refractivity contribution in [3.8, 4) is 10.6 Å². The molecule has 20 heavy (non-hydrogen) atoms. The lowest BCUT2D eigenvalue weighted by Crippen LogP contribution is -2.16. The van der Waals surface area contributed by atoms with Gasteiger partial charge in [0.05, 0.1) is 21.8 Å². The molecule has 0 aliphatic rings. The predicted octanol–water partition coefficient (Wildman–Crippen LogP) is 3.24. The number of aromatic amines is 1. The highest BCUT2D eigenvalue weighted by molar-refractivity contribution is 7.13. The first-order valence-electron chi connectivity index (χ1n) is 6.51. The molecule has 0 aromatic carbocycles. The summed E-state index contributed by atoms with van der Waals surface area (Å²) >= 11 is 3.46. The third kappa shape index (κ3) is 3.15. The van der Waals surface area contributed by atoms with Gasteiger partial charge in [-0.2, -0.15) is 5.10 Å². The van der Waals surface area contributed by atoms with Crippen LogP contribution in [-0.2, 0) is 13.0 Å². The van der Waals surface area contributed by atoms with E-state index in [4.69, 9.17) is 0 Å². The van der Waals surface area contributed by atoms with Gasteiger partial charge in [0.2, 0.25) is 0 Å². The van der Waals surface area contributed by atoms with Gasteiger partial charge in [0.15, 0.2) is 0 Å². The van der Waals surface area contributed by atoms with E-state index < -0.39 is 0 Å². The quantitative estimate of drug-likeness (QED) is 0.687. The Morgan fingerprint density at radius 1 is 1.35 bits per heavy atom. The number of nitrogens with one attached hydrogen (secondary N) is 2. The Morgan fingerprint density at radius 3 is 3.05 bits per heavy atom. The summed E-state index contributed by atoms with van der Waals surface area (Å²) in [6, 6.07) is 4.17. The van der Waals surface area contributed by atoms with Crippen LogP contribution in [0.25, 0.3) is 10.6 Å². The number of H-pyrrole nitrogens is 1. The summed E-state index contributed by atoms with van der Waals surface area (Å²) in [6.45, 7) is 3.79. The monoisotopic (exact) mass is 304 g/mol. The van der Waals surface area contributed by atoms with Gasteiger partial charge >= 0.3 is 0 Å². The van der Waals surface area contributed by atoms with Crippen LogP contribution in [0.4, 0.5) is 0 Å². The lowest BCUT2D eigenvalue weighted by atomic mass is 10.2. The van der Waals surface area contributed by atoms with Gasteiger partial charge in [-0.1, -0.05) is 6.07 Å². The Bertz CT molecular complexity index is 654. The normalized spacial score (nSPS) is 11.1. The highest BCUT2D eigenvalue weighted by Gasteiger charge is 2.08. The first-order chi connectivity index (χ1) is 9.83.